The van der Waals surface area contributed by atoms with Gasteiger partial charge >= 0.3 is 0 Å². The molecule has 0 aromatic heterocycles. The summed E-state index contributed by atoms with van der Waals surface area (Å²) in [4.78, 5) is 28.5. The van der Waals surface area contributed by atoms with Crippen LogP contribution in [0.5, 0.6) is 0 Å². The summed E-state index contributed by atoms with van der Waals surface area (Å²) < 4.78 is 5.38. The lowest BCUT2D eigenvalue weighted by Crippen LogP contribution is -2.53. The summed E-state index contributed by atoms with van der Waals surface area (Å²) in [5.74, 6) is -0.449. The number of piperazine rings is 1. The first-order valence-electron chi connectivity index (χ1n) is 8.31. The van der Waals surface area contributed by atoms with E-state index in [9.17, 15) is 14.9 Å². The number of carbonyl (C=O) groups excluding carboxylic acids is 2. The second-order valence-corrected chi connectivity index (χ2v) is 5.96. The Morgan fingerprint density at radius 1 is 1.12 bits per heavy atom. The number of carbonyl (C=O) groups is 2. The molecule has 132 valence electrons. The highest BCUT2D eigenvalue weighted by molar-refractivity contribution is 5.99. The minimum atomic E-state index is -0.734. The van der Waals surface area contributed by atoms with Crippen LogP contribution in [-0.4, -0.2) is 43.5 Å². The SMILES string of the molecule is CO[C@H](C(=O)N1CCN(c2ccccc2C#N)C(=O)C1)c1ccccc1. The highest BCUT2D eigenvalue weighted by Gasteiger charge is 2.33. The van der Waals surface area contributed by atoms with Crippen LogP contribution >= 0.6 is 0 Å². The monoisotopic (exact) mass is 349 g/mol. The van der Waals surface area contributed by atoms with Gasteiger partial charge in [-0.15, -0.1) is 0 Å². The summed E-state index contributed by atoms with van der Waals surface area (Å²) in [5, 5.41) is 9.24. The van der Waals surface area contributed by atoms with Crippen molar-refractivity contribution in [2.24, 2.45) is 0 Å². The quantitative estimate of drug-likeness (QED) is 0.847. The van der Waals surface area contributed by atoms with Crippen molar-refractivity contribution < 1.29 is 14.3 Å². The van der Waals surface area contributed by atoms with Gasteiger partial charge in [-0.05, 0) is 17.7 Å². The highest BCUT2D eigenvalue weighted by atomic mass is 16.5. The van der Waals surface area contributed by atoms with Crippen LogP contribution in [0.3, 0.4) is 0 Å². The maximum Gasteiger partial charge on any atom is 0.256 e. The van der Waals surface area contributed by atoms with Gasteiger partial charge in [0.1, 0.15) is 12.6 Å². The zero-order chi connectivity index (χ0) is 18.5. The Morgan fingerprint density at radius 3 is 2.46 bits per heavy atom. The third kappa shape index (κ3) is 3.44. The normalized spacial score (nSPS) is 15.5. The van der Waals surface area contributed by atoms with E-state index in [0.717, 1.165) is 5.56 Å². The Balaban J connectivity index is 1.75. The van der Waals surface area contributed by atoms with Crippen molar-refractivity contribution in [2.45, 2.75) is 6.10 Å². The number of para-hydroxylation sites is 1. The van der Waals surface area contributed by atoms with E-state index >= 15 is 0 Å². The molecule has 0 saturated carbocycles. The molecule has 1 aliphatic rings. The molecule has 0 N–H and O–H groups in total. The maximum atomic E-state index is 12.8. The van der Waals surface area contributed by atoms with E-state index in [1.54, 1.807) is 29.2 Å². The molecule has 2 amide bonds. The van der Waals surface area contributed by atoms with Gasteiger partial charge in [0.2, 0.25) is 5.91 Å². The average Bonchev–Trinajstić information content (AvgIpc) is 2.69. The molecule has 0 bridgehead atoms. The largest absolute Gasteiger partial charge is 0.367 e. The van der Waals surface area contributed by atoms with Gasteiger partial charge in [-0.25, -0.2) is 0 Å². The minimum absolute atomic E-state index is 0.0364. The third-order valence-electron chi connectivity index (χ3n) is 4.41. The fourth-order valence-electron chi connectivity index (χ4n) is 3.09. The number of anilines is 1. The van der Waals surface area contributed by atoms with Crippen molar-refractivity contribution in [3.63, 3.8) is 0 Å². The number of amides is 2. The lowest BCUT2D eigenvalue weighted by Gasteiger charge is -2.36. The Morgan fingerprint density at radius 2 is 1.81 bits per heavy atom. The summed E-state index contributed by atoms with van der Waals surface area (Å²) in [6.45, 7) is 0.691. The van der Waals surface area contributed by atoms with Crippen LogP contribution in [0.4, 0.5) is 5.69 Å². The smallest absolute Gasteiger partial charge is 0.256 e. The number of nitriles is 1. The molecule has 1 saturated heterocycles. The van der Waals surface area contributed by atoms with Crippen LogP contribution in [0.2, 0.25) is 0 Å². The van der Waals surface area contributed by atoms with Gasteiger partial charge in [0.25, 0.3) is 5.91 Å². The van der Waals surface area contributed by atoms with E-state index in [-0.39, 0.29) is 18.4 Å². The maximum absolute atomic E-state index is 12.8. The topological polar surface area (TPSA) is 73.6 Å². The van der Waals surface area contributed by atoms with Crippen molar-refractivity contribution in [1.82, 2.24) is 4.90 Å². The Labute approximate surface area is 152 Å². The number of rotatable bonds is 4. The van der Waals surface area contributed by atoms with Gasteiger partial charge in [0.15, 0.2) is 6.10 Å². The standard InChI is InChI=1S/C20H19N3O3/c1-26-19(15-7-3-2-4-8-15)20(25)22-11-12-23(18(24)14-22)17-10-6-5-9-16(17)13-21/h2-10,19H,11-12,14H2,1H3/t19-/m0/s1. The second kappa shape index (κ2) is 7.81. The first-order valence-corrected chi connectivity index (χ1v) is 8.31. The number of hydrogen-bond acceptors (Lipinski definition) is 4. The summed E-state index contributed by atoms with van der Waals surface area (Å²) in [7, 11) is 1.48. The molecule has 2 aromatic rings. The van der Waals surface area contributed by atoms with Crippen LogP contribution < -0.4 is 4.90 Å². The molecule has 1 heterocycles. The minimum Gasteiger partial charge on any atom is -0.367 e. The van der Waals surface area contributed by atoms with E-state index in [1.807, 2.05) is 30.3 Å². The van der Waals surface area contributed by atoms with E-state index in [0.29, 0.717) is 24.3 Å². The summed E-state index contributed by atoms with van der Waals surface area (Å²) >= 11 is 0. The molecule has 1 aliphatic heterocycles. The first-order chi connectivity index (χ1) is 12.7. The third-order valence-corrected chi connectivity index (χ3v) is 4.41. The molecule has 6 heteroatoms. The molecule has 1 fully saturated rings. The molecule has 6 nitrogen and oxygen atoms in total. The van der Waals surface area contributed by atoms with Crippen molar-refractivity contribution in [2.75, 3.05) is 31.6 Å². The number of ether oxygens (including phenoxy) is 1. The van der Waals surface area contributed by atoms with Gasteiger partial charge in [-0.2, -0.15) is 5.26 Å². The number of benzene rings is 2. The zero-order valence-corrected chi connectivity index (χ0v) is 14.5. The van der Waals surface area contributed by atoms with Gasteiger partial charge in [-0.3, -0.25) is 9.59 Å². The van der Waals surface area contributed by atoms with Crippen molar-refractivity contribution in [1.29, 1.82) is 5.26 Å². The predicted octanol–water partition coefficient (Wildman–Crippen LogP) is 2.12. The molecule has 0 unspecified atom stereocenters. The van der Waals surface area contributed by atoms with E-state index < -0.39 is 6.10 Å². The van der Waals surface area contributed by atoms with Gasteiger partial charge in [0.05, 0.1) is 11.3 Å². The van der Waals surface area contributed by atoms with Crippen LogP contribution in [-0.2, 0) is 14.3 Å². The molecule has 1 atom stereocenters. The molecular weight excluding hydrogens is 330 g/mol. The fraction of sp³-hybridized carbons (Fsp3) is 0.250. The van der Waals surface area contributed by atoms with Crippen LogP contribution in [0.15, 0.2) is 54.6 Å². The zero-order valence-electron chi connectivity index (χ0n) is 14.5. The fourth-order valence-corrected chi connectivity index (χ4v) is 3.09. The van der Waals surface area contributed by atoms with E-state index in [4.69, 9.17) is 4.74 Å². The number of methoxy groups -OCH3 is 1. The summed E-state index contributed by atoms with van der Waals surface area (Å²) in [6.07, 6.45) is -0.734. The van der Waals surface area contributed by atoms with Crippen LogP contribution in [0.25, 0.3) is 0 Å². The molecule has 0 spiro atoms. The van der Waals surface area contributed by atoms with Crippen LogP contribution in [0.1, 0.15) is 17.2 Å². The van der Waals surface area contributed by atoms with Crippen molar-refractivity contribution in [3.05, 3.63) is 65.7 Å². The second-order valence-electron chi connectivity index (χ2n) is 5.96. The predicted molar refractivity (Wildman–Crippen MR) is 96.3 cm³/mol. The van der Waals surface area contributed by atoms with Gasteiger partial charge in [0, 0.05) is 20.2 Å². The molecule has 2 aromatic carbocycles. The van der Waals surface area contributed by atoms with E-state index in [1.165, 1.54) is 12.0 Å². The van der Waals surface area contributed by atoms with Gasteiger partial charge < -0.3 is 14.5 Å². The lowest BCUT2D eigenvalue weighted by molar-refractivity contribution is -0.146. The number of hydrogen-bond donors (Lipinski definition) is 0. The van der Waals surface area contributed by atoms with Crippen molar-refractivity contribution in [3.8, 4) is 6.07 Å². The van der Waals surface area contributed by atoms with Gasteiger partial charge in [-0.1, -0.05) is 42.5 Å². The molecule has 0 radical (unpaired) electrons. The summed E-state index contributed by atoms with van der Waals surface area (Å²) in [6, 6.07) is 18.3. The van der Waals surface area contributed by atoms with E-state index in [2.05, 4.69) is 6.07 Å². The first kappa shape index (κ1) is 17.6. The number of nitrogens with zero attached hydrogens (tertiary/aromatic N) is 3. The molecule has 0 aliphatic carbocycles. The Kier molecular flexibility index (Phi) is 5.30. The average molecular weight is 349 g/mol. The Hall–Kier alpha value is -3.17. The Bertz CT molecular complexity index is 845. The molecule has 26 heavy (non-hydrogen) atoms. The van der Waals surface area contributed by atoms with Crippen LogP contribution in [0, 0.1) is 11.3 Å². The van der Waals surface area contributed by atoms with Crippen molar-refractivity contribution >= 4 is 17.5 Å². The molecular formula is C20H19N3O3. The highest BCUT2D eigenvalue weighted by Crippen LogP contribution is 2.24. The molecule has 3 rings (SSSR count). The lowest BCUT2D eigenvalue weighted by atomic mass is 10.1. The summed E-state index contributed by atoms with van der Waals surface area (Å²) in [5.41, 5.74) is 1.78.